The molecule has 0 aliphatic heterocycles. The summed E-state index contributed by atoms with van der Waals surface area (Å²) in [6.45, 7) is 2.36. The van der Waals surface area contributed by atoms with Gasteiger partial charge in [0.15, 0.2) is 5.69 Å². The molecule has 32 heavy (non-hydrogen) atoms. The summed E-state index contributed by atoms with van der Waals surface area (Å²) in [6, 6.07) is 3.98. The van der Waals surface area contributed by atoms with Crippen LogP contribution in [0.4, 0.5) is 13.2 Å². The highest BCUT2D eigenvalue weighted by molar-refractivity contribution is 5.93. The van der Waals surface area contributed by atoms with E-state index in [1.807, 2.05) is 13.1 Å². The lowest BCUT2D eigenvalue weighted by atomic mass is 10.1. The van der Waals surface area contributed by atoms with Crippen LogP contribution in [0.5, 0.6) is 5.88 Å². The van der Waals surface area contributed by atoms with Crippen molar-refractivity contribution in [2.75, 3.05) is 6.61 Å². The van der Waals surface area contributed by atoms with Crippen LogP contribution in [-0.4, -0.2) is 37.1 Å². The maximum atomic E-state index is 13.0. The van der Waals surface area contributed by atoms with Gasteiger partial charge in [-0.15, -0.1) is 0 Å². The number of fused-ring (bicyclic) bond motifs is 1. The Kier molecular flexibility index (Phi) is 5.90. The molecule has 8 nitrogen and oxygen atoms in total. The zero-order valence-electron chi connectivity index (χ0n) is 17.7. The number of aromatic nitrogens is 5. The van der Waals surface area contributed by atoms with Gasteiger partial charge in [-0.3, -0.25) is 9.48 Å². The van der Waals surface area contributed by atoms with Gasteiger partial charge >= 0.3 is 6.18 Å². The van der Waals surface area contributed by atoms with Crippen LogP contribution in [0.2, 0.25) is 0 Å². The van der Waals surface area contributed by atoms with Gasteiger partial charge in [-0.2, -0.15) is 23.4 Å². The number of alkyl halides is 3. The number of amides is 1. The fourth-order valence-electron chi connectivity index (χ4n) is 3.81. The van der Waals surface area contributed by atoms with Crippen LogP contribution < -0.4 is 10.1 Å². The molecule has 3 heterocycles. The molecule has 1 aliphatic carbocycles. The van der Waals surface area contributed by atoms with E-state index < -0.39 is 17.8 Å². The molecule has 4 rings (SSSR count). The van der Waals surface area contributed by atoms with Crippen molar-refractivity contribution in [3.8, 4) is 11.6 Å². The number of hydrogen-bond donors (Lipinski definition) is 1. The van der Waals surface area contributed by atoms with Crippen LogP contribution in [0.15, 0.2) is 30.6 Å². The quantitative estimate of drug-likeness (QED) is 0.603. The van der Waals surface area contributed by atoms with Crippen molar-refractivity contribution < 1.29 is 22.7 Å². The normalized spacial score (nSPS) is 16.3. The summed E-state index contributed by atoms with van der Waals surface area (Å²) in [5, 5.41) is 11.0. The highest BCUT2D eigenvalue weighted by Crippen LogP contribution is 2.31. The molecule has 1 amide bonds. The first kappa shape index (κ1) is 21.8. The molecule has 0 unspecified atom stereocenters. The molecule has 0 saturated carbocycles. The second kappa shape index (κ2) is 8.64. The molecule has 11 heteroatoms. The molecule has 0 radical (unpaired) electrons. The van der Waals surface area contributed by atoms with E-state index in [0.29, 0.717) is 18.9 Å². The van der Waals surface area contributed by atoms with Gasteiger partial charge < -0.3 is 10.1 Å². The first-order chi connectivity index (χ1) is 15.3. The minimum absolute atomic E-state index is 0.147. The predicted octanol–water partition coefficient (Wildman–Crippen LogP) is 3.62. The molecule has 170 valence electrons. The molecule has 0 bridgehead atoms. The summed E-state index contributed by atoms with van der Waals surface area (Å²) in [5.74, 6) is -0.124. The molecule has 0 fully saturated rings. The van der Waals surface area contributed by atoms with Crippen molar-refractivity contribution in [1.82, 2.24) is 29.9 Å². The van der Waals surface area contributed by atoms with Gasteiger partial charge in [0.2, 0.25) is 5.88 Å². The van der Waals surface area contributed by atoms with Crippen molar-refractivity contribution in [2.45, 2.75) is 44.8 Å². The number of nitrogens with one attached hydrogen (secondary N) is 1. The highest BCUT2D eigenvalue weighted by atomic mass is 19.4. The fourth-order valence-corrected chi connectivity index (χ4v) is 3.81. The van der Waals surface area contributed by atoms with Crippen LogP contribution in [0, 0.1) is 0 Å². The van der Waals surface area contributed by atoms with Crippen LogP contribution in [0.3, 0.4) is 0 Å². The molecule has 0 aromatic carbocycles. The van der Waals surface area contributed by atoms with Gasteiger partial charge in [0.1, 0.15) is 5.69 Å². The number of ether oxygens (including phenoxy) is 1. The summed E-state index contributed by atoms with van der Waals surface area (Å²) in [7, 11) is 1.32. The van der Waals surface area contributed by atoms with E-state index in [0.717, 1.165) is 47.0 Å². The van der Waals surface area contributed by atoms with Crippen LogP contribution >= 0.6 is 0 Å². The Morgan fingerprint density at radius 1 is 1.28 bits per heavy atom. The predicted molar refractivity (Wildman–Crippen MR) is 109 cm³/mol. The second-order valence-corrected chi connectivity index (χ2v) is 7.57. The summed E-state index contributed by atoms with van der Waals surface area (Å²) < 4.78 is 47.0. The summed E-state index contributed by atoms with van der Waals surface area (Å²) in [4.78, 5) is 17.0. The van der Waals surface area contributed by atoms with Gasteiger partial charge in [0.25, 0.3) is 5.91 Å². The molecule has 1 atom stereocenters. The van der Waals surface area contributed by atoms with E-state index in [4.69, 9.17) is 4.74 Å². The van der Waals surface area contributed by atoms with E-state index in [1.54, 1.807) is 23.0 Å². The number of aryl methyl sites for hydroxylation is 2. The van der Waals surface area contributed by atoms with E-state index >= 15 is 0 Å². The van der Waals surface area contributed by atoms with Crippen LogP contribution in [0.25, 0.3) is 5.69 Å². The Morgan fingerprint density at radius 2 is 2.09 bits per heavy atom. The molecule has 1 aliphatic rings. The number of halogens is 3. The lowest BCUT2D eigenvalue weighted by molar-refractivity contribution is -0.141. The van der Waals surface area contributed by atoms with Gasteiger partial charge in [-0.1, -0.05) is 6.42 Å². The van der Waals surface area contributed by atoms with Gasteiger partial charge in [-0.25, -0.2) is 9.67 Å². The van der Waals surface area contributed by atoms with E-state index in [2.05, 4.69) is 20.5 Å². The van der Waals surface area contributed by atoms with Crippen molar-refractivity contribution in [2.24, 2.45) is 7.05 Å². The average molecular weight is 448 g/mol. The molecular weight excluding hydrogens is 425 g/mol. The zero-order valence-corrected chi connectivity index (χ0v) is 17.7. The Morgan fingerprint density at radius 3 is 2.81 bits per heavy atom. The lowest BCUT2D eigenvalue weighted by Gasteiger charge is -2.16. The summed E-state index contributed by atoms with van der Waals surface area (Å²) in [6.07, 6.45) is 2.05. The lowest BCUT2D eigenvalue weighted by Crippen LogP contribution is -2.30. The average Bonchev–Trinajstić information content (AvgIpc) is 3.30. The molecule has 0 saturated heterocycles. The van der Waals surface area contributed by atoms with E-state index in [1.165, 1.54) is 7.05 Å². The molecular formula is C21H23F3N6O2. The van der Waals surface area contributed by atoms with Gasteiger partial charge in [0, 0.05) is 37.1 Å². The number of rotatable bonds is 5. The van der Waals surface area contributed by atoms with Crippen molar-refractivity contribution in [3.63, 3.8) is 0 Å². The fraction of sp³-hybridized carbons (Fsp3) is 0.429. The Balaban J connectivity index is 1.60. The van der Waals surface area contributed by atoms with Gasteiger partial charge in [-0.05, 0) is 32.3 Å². The first-order valence-corrected chi connectivity index (χ1v) is 10.4. The minimum atomic E-state index is -4.61. The van der Waals surface area contributed by atoms with Crippen molar-refractivity contribution >= 4 is 5.91 Å². The maximum absolute atomic E-state index is 13.0. The SMILES string of the molecule is CCOc1cc(-n2cc3c(n2)CCCC[C@H]3NC(=O)c2cc(C(F)(F)F)nn2C)ccn1. The topological polar surface area (TPSA) is 86.9 Å². The third kappa shape index (κ3) is 4.46. The molecule has 0 spiro atoms. The molecule has 3 aromatic rings. The highest BCUT2D eigenvalue weighted by Gasteiger charge is 2.36. The second-order valence-electron chi connectivity index (χ2n) is 7.57. The standard InChI is InChI=1S/C21H23F3N6O2/c1-3-32-19-10-13(8-9-25-19)30-12-14-15(6-4-5-7-16(14)27-30)26-20(31)17-11-18(21(22,23)24)28-29(17)2/h8-12,15H,3-7H2,1-2H3,(H,26,31)/t15-/m1/s1. The Labute approximate surface area is 182 Å². The van der Waals surface area contributed by atoms with Gasteiger partial charge in [0.05, 0.1) is 24.0 Å². The maximum Gasteiger partial charge on any atom is 0.435 e. The minimum Gasteiger partial charge on any atom is -0.478 e. The number of pyridine rings is 1. The first-order valence-electron chi connectivity index (χ1n) is 10.4. The number of nitrogens with zero attached hydrogens (tertiary/aromatic N) is 5. The van der Waals surface area contributed by atoms with Crippen LogP contribution in [0.1, 0.15) is 59.7 Å². The number of carbonyl (C=O) groups is 1. The monoisotopic (exact) mass is 448 g/mol. The zero-order chi connectivity index (χ0) is 22.9. The van der Waals surface area contributed by atoms with E-state index in [-0.39, 0.29) is 11.7 Å². The summed E-state index contributed by atoms with van der Waals surface area (Å²) >= 11 is 0. The molecule has 3 aromatic heterocycles. The number of hydrogen-bond acceptors (Lipinski definition) is 5. The largest absolute Gasteiger partial charge is 0.478 e. The molecule has 1 N–H and O–H groups in total. The van der Waals surface area contributed by atoms with Crippen molar-refractivity contribution in [1.29, 1.82) is 0 Å². The van der Waals surface area contributed by atoms with Crippen LogP contribution in [-0.2, 0) is 19.6 Å². The smallest absolute Gasteiger partial charge is 0.435 e. The number of carbonyl (C=O) groups excluding carboxylic acids is 1. The summed E-state index contributed by atoms with van der Waals surface area (Å²) in [5.41, 5.74) is 1.23. The Bertz CT molecular complexity index is 1120. The third-order valence-electron chi connectivity index (χ3n) is 5.34. The van der Waals surface area contributed by atoms with E-state index in [9.17, 15) is 18.0 Å². The third-order valence-corrected chi connectivity index (χ3v) is 5.34. The Hall–Kier alpha value is -3.37. The van der Waals surface area contributed by atoms with Crippen molar-refractivity contribution in [3.05, 3.63) is 53.2 Å².